The van der Waals surface area contributed by atoms with Crippen molar-refractivity contribution >= 4 is 17.9 Å². The van der Waals surface area contributed by atoms with E-state index in [1.165, 1.54) is 6.92 Å². The maximum atomic E-state index is 13.1. The predicted molar refractivity (Wildman–Crippen MR) is 135 cm³/mol. The minimum absolute atomic E-state index is 0.0284. The molecule has 3 amide bonds. The van der Waals surface area contributed by atoms with Crippen LogP contribution >= 0.6 is 0 Å². The lowest BCUT2D eigenvalue weighted by molar-refractivity contribution is -0.136. The molecule has 3 unspecified atom stereocenters. The van der Waals surface area contributed by atoms with E-state index in [1.807, 2.05) is 49.1 Å². The summed E-state index contributed by atoms with van der Waals surface area (Å²) in [7, 11) is 0. The molecule has 36 heavy (non-hydrogen) atoms. The van der Waals surface area contributed by atoms with E-state index in [4.69, 9.17) is 9.47 Å². The van der Waals surface area contributed by atoms with Gasteiger partial charge in [-0.05, 0) is 29.7 Å². The molecule has 9 heteroatoms. The Morgan fingerprint density at radius 1 is 1.06 bits per heavy atom. The van der Waals surface area contributed by atoms with Crippen molar-refractivity contribution < 1.29 is 23.9 Å². The molecule has 3 heterocycles. The number of ether oxygens (including phenoxy) is 2. The number of hydrogen-bond acceptors (Lipinski definition) is 6. The van der Waals surface area contributed by atoms with Crippen LogP contribution in [-0.2, 0) is 19.1 Å². The Morgan fingerprint density at radius 2 is 1.75 bits per heavy atom. The van der Waals surface area contributed by atoms with Crippen molar-refractivity contribution in [3.63, 3.8) is 0 Å². The van der Waals surface area contributed by atoms with E-state index in [0.717, 1.165) is 51.1 Å². The highest BCUT2D eigenvalue weighted by atomic mass is 16.6. The standard InChI is InChI=1S/C27H40N4O5/c1-18(2)25(28-19(3)32)26(33)31-15-21-13-30(14-22(21)16-31)11-9-24(20-7-5-4-6-8-20)29-27(34)36-23-10-12-35-17-23/h4-8,18,21-25H,9-17H2,1-3H3,(H,28,32)(H,29,34)/t21-,22?,23?,24?,25+/m0/s1. The molecule has 1 aromatic carbocycles. The number of hydrogen-bond donors (Lipinski definition) is 2. The molecule has 0 radical (unpaired) electrons. The summed E-state index contributed by atoms with van der Waals surface area (Å²) in [5, 5.41) is 5.89. The molecule has 0 spiro atoms. The molecule has 198 valence electrons. The van der Waals surface area contributed by atoms with Crippen LogP contribution in [0.3, 0.4) is 0 Å². The van der Waals surface area contributed by atoms with E-state index < -0.39 is 12.1 Å². The Morgan fingerprint density at radius 3 is 2.33 bits per heavy atom. The van der Waals surface area contributed by atoms with Gasteiger partial charge in [0.05, 0.1) is 19.3 Å². The van der Waals surface area contributed by atoms with Gasteiger partial charge < -0.3 is 29.9 Å². The van der Waals surface area contributed by atoms with Crippen LogP contribution in [0.25, 0.3) is 0 Å². The van der Waals surface area contributed by atoms with E-state index in [9.17, 15) is 14.4 Å². The Hall–Kier alpha value is -2.65. The van der Waals surface area contributed by atoms with Crippen LogP contribution in [0.15, 0.2) is 30.3 Å². The Balaban J connectivity index is 1.29. The molecule has 0 aromatic heterocycles. The van der Waals surface area contributed by atoms with Gasteiger partial charge in [-0.1, -0.05) is 44.2 Å². The highest BCUT2D eigenvalue weighted by molar-refractivity contribution is 5.87. The maximum absolute atomic E-state index is 13.1. The molecule has 4 rings (SSSR count). The summed E-state index contributed by atoms with van der Waals surface area (Å²) in [6.45, 7) is 10.7. The molecule has 3 aliphatic heterocycles. The first kappa shape index (κ1) is 26.4. The first-order chi connectivity index (χ1) is 17.3. The third kappa shape index (κ3) is 6.76. The molecule has 3 saturated heterocycles. The molecule has 0 aliphatic carbocycles. The summed E-state index contributed by atoms with van der Waals surface area (Å²) in [4.78, 5) is 41.6. The van der Waals surface area contributed by atoms with Gasteiger partial charge in [-0.25, -0.2) is 4.79 Å². The summed E-state index contributed by atoms with van der Waals surface area (Å²) >= 11 is 0. The molecular formula is C27H40N4O5. The van der Waals surface area contributed by atoms with Gasteiger partial charge in [0.15, 0.2) is 0 Å². The zero-order valence-electron chi connectivity index (χ0n) is 21.7. The first-order valence-electron chi connectivity index (χ1n) is 13.2. The molecule has 9 nitrogen and oxygen atoms in total. The summed E-state index contributed by atoms with van der Waals surface area (Å²) in [5.41, 5.74) is 1.06. The zero-order chi connectivity index (χ0) is 25.7. The molecular weight excluding hydrogens is 460 g/mol. The summed E-state index contributed by atoms with van der Waals surface area (Å²) < 4.78 is 10.8. The summed E-state index contributed by atoms with van der Waals surface area (Å²) in [5.74, 6) is 0.785. The molecule has 0 saturated carbocycles. The second-order valence-electron chi connectivity index (χ2n) is 10.7. The van der Waals surface area contributed by atoms with Gasteiger partial charge in [0.2, 0.25) is 11.8 Å². The van der Waals surface area contributed by atoms with Crippen LogP contribution in [0, 0.1) is 17.8 Å². The van der Waals surface area contributed by atoms with Crippen molar-refractivity contribution in [3.05, 3.63) is 35.9 Å². The Labute approximate surface area is 213 Å². The highest BCUT2D eigenvalue weighted by Gasteiger charge is 2.43. The topological polar surface area (TPSA) is 100 Å². The lowest BCUT2D eigenvalue weighted by Crippen LogP contribution is -2.50. The van der Waals surface area contributed by atoms with E-state index in [1.54, 1.807) is 0 Å². The van der Waals surface area contributed by atoms with E-state index >= 15 is 0 Å². The SMILES string of the molecule is CC(=O)N[C@@H](C(=O)N1CC2CN(CCC(NC(=O)OC3CCOC3)c3ccccc3)C[C@H]2C1)C(C)C. The second-order valence-corrected chi connectivity index (χ2v) is 10.7. The van der Waals surface area contributed by atoms with Crippen molar-refractivity contribution in [3.8, 4) is 0 Å². The number of benzene rings is 1. The number of amides is 3. The molecule has 1 aromatic rings. The molecule has 3 aliphatic rings. The van der Waals surface area contributed by atoms with Crippen molar-refractivity contribution in [2.45, 2.75) is 51.8 Å². The monoisotopic (exact) mass is 500 g/mol. The summed E-state index contributed by atoms with van der Waals surface area (Å²) in [6, 6.07) is 9.40. The number of likely N-dealkylation sites (tertiary alicyclic amines) is 2. The normalized spacial score (nSPS) is 25.4. The number of nitrogens with zero attached hydrogens (tertiary/aromatic N) is 2. The van der Waals surface area contributed by atoms with Crippen LogP contribution in [-0.4, -0.2) is 85.8 Å². The van der Waals surface area contributed by atoms with Gasteiger partial charge in [-0.3, -0.25) is 9.59 Å². The van der Waals surface area contributed by atoms with Gasteiger partial charge in [0.1, 0.15) is 12.1 Å². The fourth-order valence-corrected chi connectivity index (χ4v) is 5.63. The van der Waals surface area contributed by atoms with Crippen LogP contribution in [0.5, 0.6) is 0 Å². The number of alkyl carbamates (subject to hydrolysis) is 1. The third-order valence-electron chi connectivity index (χ3n) is 7.55. The average Bonchev–Trinajstić information content (AvgIpc) is 3.57. The number of rotatable bonds is 9. The molecule has 3 fully saturated rings. The third-order valence-corrected chi connectivity index (χ3v) is 7.55. The molecule has 2 N–H and O–H groups in total. The lowest BCUT2D eigenvalue weighted by atomic mass is 10.0. The minimum Gasteiger partial charge on any atom is -0.444 e. The number of fused-ring (bicyclic) bond motifs is 1. The predicted octanol–water partition coefficient (Wildman–Crippen LogP) is 2.18. The fourth-order valence-electron chi connectivity index (χ4n) is 5.63. The van der Waals surface area contributed by atoms with Crippen molar-refractivity contribution in [1.29, 1.82) is 0 Å². The first-order valence-corrected chi connectivity index (χ1v) is 13.2. The van der Waals surface area contributed by atoms with Crippen LogP contribution in [0.2, 0.25) is 0 Å². The quantitative estimate of drug-likeness (QED) is 0.539. The fraction of sp³-hybridized carbons (Fsp3) is 0.667. The van der Waals surface area contributed by atoms with Gasteiger partial charge in [-0.2, -0.15) is 0 Å². The van der Waals surface area contributed by atoms with Gasteiger partial charge in [0, 0.05) is 46.1 Å². The van der Waals surface area contributed by atoms with Crippen LogP contribution in [0.1, 0.15) is 45.2 Å². The lowest BCUT2D eigenvalue weighted by Gasteiger charge is -2.28. The van der Waals surface area contributed by atoms with E-state index in [2.05, 4.69) is 15.5 Å². The molecule has 0 bridgehead atoms. The largest absolute Gasteiger partial charge is 0.444 e. The van der Waals surface area contributed by atoms with E-state index in [-0.39, 0.29) is 29.9 Å². The van der Waals surface area contributed by atoms with Crippen molar-refractivity contribution in [2.75, 3.05) is 45.9 Å². The molecule has 5 atom stereocenters. The number of nitrogens with one attached hydrogen (secondary N) is 2. The summed E-state index contributed by atoms with van der Waals surface area (Å²) in [6.07, 6.45) is 0.944. The van der Waals surface area contributed by atoms with Gasteiger partial charge >= 0.3 is 6.09 Å². The minimum atomic E-state index is -0.467. The van der Waals surface area contributed by atoms with Crippen LogP contribution < -0.4 is 10.6 Å². The van der Waals surface area contributed by atoms with Crippen LogP contribution in [0.4, 0.5) is 4.79 Å². The number of carbonyl (C=O) groups excluding carboxylic acids is 3. The van der Waals surface area contributed by atoms with Gasteiger partial charge in [0.25, 0.3) is 0 Å². The Bertz CT molecular complexity index is 891. The van der Waals surface area contributed by atoms with Crippen molar-refractivity contribution in [2.24, 2.45) is 17.8 Å². The van der Waals surface area contributed by atoms with Gasteiger partial charge in [-0.15, -0.1) is 0 Å². The maximum Gasteiger partial charge on any atom is 0.407 e. The highest BCUT2D eigenvalue weighted by Crippen LogP contribution is 2.32. The average molecular weight is 501 g/mol. The smallest absolute Gasteiger partial charge is 0.407 e. The zero-order valence-corrected chi connectivity index (χ0v) is 21.7. The van der Waals surface area contributed by atoms with E-state index in [0.29, 0.717) is 25.0 Å². The second kappa shape index (κ2) is 12.1. The number of carbonyl (C=O) groups is 3. The Kier molecular flexibility index (Phi) is 8.85. The van der Waals surface area contributed by atoms with Crippen molar-refractivity contribution in [1.82, 2.24) is 20.4 Å².